The summed E-state index contributed by atoms with van der Waals surface area (Å²) in [5.74, 6) is 1.22. The normalized spacial score (nSPS) is 15.0. The van der Waals surface area contributed by atoms with E-state index in [2.05, 4.69) is 30.5 Å². The summed E-state index contributed by atoms with van der Waals surface area (Å²) < 4.78 is 5.37. The largest absolute Gasteiger partial charge is 0.393 e. The maximum absolute atomic E-state index is 6.30. The van der Waals surface area contributed by atoms with Gasteiger partial charge in [0.15, 0.2) is 11.6 Å². The van der Waals surface area contributed by atoms with Crippen LogP contribution in [0.3, 0.4) is 0 Å². The number of benzene rings is 1. The monoisotopic (exact) mass is 365 g/mol. The van der Waals surface area contributed by atoms with Crippen molar-refractivity contribution in [3.05, 3.63) is 42.9 Å². The molecule has 8 nitrogen and oxygen atoms in total. The van der Waals surface area contributed by atoms with Crippen molar-refractivity contribution in [1.29, 1.82) is 0 Å². The van der Waals surface area contributed by atoms with Gasteiger partial charge in [0, 0.05) is 43.4 Å². The van der Waals surface area contributed by atoms with Crippen molar-refractivity contribution < 1.29 is 4.74 Å². The van der Waals surface area contributed by atoms with Crippen LogP contribution in [0.25, 0.3) is 10.9 Å². The number of nitrogen functional groups attached to an aromatic ring is 1. The van der Waals surface area contributed by atoms with Crippen LogP contribution in [0.1, 0.15) is 0 Å². The summed E-state index contributed by atoms with van der Waals surface area (Å²) in [5, 5.41) is 7.64. The standard InChI is InChI=1S/C19H23N7O/c20-17-18(22-7-8-26-9-11-27-12-10-26)23-13-24-19(17)25-16-5-1-4-15-14(16)3-2-6-21-15/h1-6,13H,7-12,20H2,(H2,22,23,24,25). The number of nitrogens with two attached hydrogens (primary N) is 1. The molecule has 0 aliphatic carbocycles. The van der Waals surface area contributed by atoms with E-state index in [0.717, 1.165) is 56.0 Å². The van der Waals surface area contributed by atoms with E-state index in [0.29, 0.717) is 17.3 Å². The maximum Gasteiger partial charge on any atom is 0.159 e. The molecule has 0 saturated carbocycles. The predicted molar refractivity (Wildman–Crippen MR) is 107 cm³/mol. The summed E-state index contributed by atoms with van der Waals surface area (Å²) in [6.45, 7) is 5.20. The summed E-state index contributed by atoms with van der Waals surface area (Å²) in [6.07, 6.45) is 3.29. The zero-order valence-electron chi connectivity index (χ0n) is 15.1. The van der Waals surface area contributed by atoms with Crippen LogP contribution < -0.4 is 16.4 Å². The van der Waals surface area contributed by atoms with Gasteiger partial charge in [0.1, 0.15) is 12.0 Å². The third-order valence-corrected chi connectivity index (χ3v) is 4.61. The number of rotatable bonds is 6. The van der Waals surface area contributed by atoms with Gasteiger partial charge in [-0.2, -0.15) is 0 Å². The molecule has 0 unspecified atom stereocenters. The number of anilines is 4. The molecule has 1 aromatic carbocycles. The molecule has 140 valence electrons. The SMILES string of the molecule is Nc1c(NCCN2CCOCC2)ncnc1Nc1cccc2ncccc12. The molecule has 0 amide bonds. The van der Waals surface area contributed by atoms with Gasteiger partial charge in [-0.05, 0) is 24.3 Å². The molecule has 1 aliphatic rings. The van der Waals surface area contributed by atoms with Crippen molar-refractivity contribution in [1.82, 2.24) is 19.9 Å². The molecule has 8 heteroatoms. The van der Waals surface area contributed by atoms with Gasteiger partial charge in [-0.15, -0.1) is 0 Å². The van der Waals surface area contributed by atoms with E-state index in [1.807, 2.05) is 30.3 Å². The fourth-order valence-corrected chi connectivity index (χ4v) is 3.13. The molecular formula is C19H23N7O. The van der Waals surface area contributed by atoms with Crippen LogP contribution in [0.5, 0.6) is 0 Å². The van der Waals surface area contributed by atoms with Crippen LogP contribution in [-0.2, 0) is 4.74 Å². The lowest BCUT2D eigenvalue weighted by molar-refractivity contribution is 0.0398. The summed E-state index contributed by atoms with van der Waals surface area (Å²) in [5.41, 5.74) is 8.62. The van der Waals surface area contributed by atoms with Gasteiger partial charge in [0.25, 0.3) is 0 Å². The van der Waals surface area contributed by atoms with Crippen LogP contribution in [0, 0.1) is 0 Å². The van der Waals surface area contributed by atoms with Crippen molar-refractivity contribution in [2.45, 2.75) is 0 Å². The minimum absolute atomic E-state index is 0.500. The number of fused-ring (bicyclic) bond motifs is 1. The highest BCUT2D eigenvalue weighted by atomic mass is 16.5. The Hall–Kier alpha value is -2.97. The van der Waals surface area contributed by atoms with E-state index in [4.69, 9.17) is 10.5 Å². The van der Waals surface area contributed by atoms with E-state index in [-0.39, 0.29) is 0 Å². The molecule has 4 N–H and O–H groups in total. The van der Waals surface area contributed by atoms with Crippen molar-refractivity contribution in [3.63, 3.8) is 0 Å². The summed E-state index contributed by atoms with van der Waals surface area (Å²) in [7, 11) is 0. The second kappa shape index (κ2) is 8.15. The highest BCUT2D eigenvalue weighted by Gasteiger charge is 2.12. The topological polar surface area (TPSA) is 101 Å². The predicted octanol–water partition coefficient (Wildman–Crippen LogP) is 2.09. The van der Waals surface area contributed by atoms with Crippen molar-refractivity contribution in [2.75, 3.05) is 55.8 Å². The number of nitrogens with one attached hydrogen (secondary N) is 2. The van der Waals surface area contributed by atoms with E-state index >= 15 is 0 Å². The first-order valence-electron chi connectivity index (χ1n) is 9.06. The molecule has 27 heavy (non-hydrogen) atoms. The Balaban J connectivity index is 1.46. The first-order valence-corrected chi connectivity index (χ1v) is 9.06. The van der Waals surface area contributed by atoms with Gasteiger partial charge >= 0.3 is 0 Å². The number of ether oxygens (including phenoxy) is 1. The van der Waals surface area contributed by atoms with Gasteiger partial charge in [-0.3, -0.25) is 9.88 Å². The van der Waals surface area contributed by atoms with E-state index in [1.165, 1.54) is 6.33 Å². The minimum atomic E-state index is 0.500. The van der Waals surface area contributed by atoms with Crippen LogP contribution in [0.4, 0.5) is 23.0 Å². The molecule has 1 saturated heterocycles. The molecular weight excluding hydrogens is 342 g/mol. The number of aromatic nitrogens is 3. The second-order valence-corrected chi connectivity index (χ2v) is 6.37. The summed E-state index contributed by atoms with van der Waals surface area (Å²) in [6, 6.07) is 9.84. The first kappa shape index (κ1) is 17.4. The van der Waals surface area contributed by atoms with Crippen LogP contribution in [0.2, 0.25) is 0 Å². The Labute approximate surface area is 157 Å². The quantitative estimate of drug-likeness (QED) is 0.610. The Morgan fingerprint density at radius 2 is 1.89 bits per heavy atom. The molecule has 3 aromatic rings. The number of pyridine rings is 1. The average Bonchev–Trinajstić information content (AvgIpc) is 2.72. The summed E-state index contributed by atoms with van der Waals surface area (Å²) >= 11 is 0. The average molecular weight is 365 g/mol. The van der Waals surface area contributed by atoms with Crippen LogP contribution >= 0.6 is 0 Å². The second-order valence-electron chi connectivity index (χ2n) is 6.37. The van der Waals surface area contributed by atoms with Gasteiger partial charge < -0.3 is 21.1 Å². The van der Waals surface area contributed by atoms with E-state index < -0.39 is 0 Å². The fourth-order valence-electron chi connectivity index (χ4n) is 3.13. The number of morpholine rings is 1. The lowest BCUT2D eigenvalue weighted by Crippen LogP contribution is -2.39. The van der Waals surface area contributed by atoms with Gasteiger partial charge in [-0.25, -0.2) is 9.97 Å². The van der Waals surface area contributed by atoms with Crippen molar-refractivity contribution in [3.8, 4) is 0 Å². The number of hydrogen-bond donors (Lipinski definition) is 3. The smallest absolute Gasteiger partial charge is 0.159 e. The lowest BCUT2D eigenvalue weighted by Gasteiger charge is -2.26. The molecule has 0 radical (unpaired) electrons. The fraction of sp³-hybridized carbons (Fsp3) is 0.316. The molecule has 0 spiro atoms. The Morgan fingerprint density at radius 1 is 1.04 bits per heavy atom. The molecule has 1 aliphatic heterocycles. The van der Waals surface area contributed by atoms with Gasteiger partial charge in [0.05, 0.1) is 18.7 Å². The lowest BCUT2D eigenvalue weighted by atomic mass is 10.2. The van der Waals surface area contributed by atoms with E-state index in [1.54, 1.807) is 6.20 Å². The number of nitrogens with zero attached hydrogens (tertiary/aromatic N) is 4. The Morgan fingerprint density at radius 3 is 2.78 bits per heavy atom. The van der Waals surface area contributed by atoms with Crippen LogP contribution in [-0.4, -0.2) is 59.2 Å². The van der Waals surface area contributed by atoms with Crippen molar-refractivity contribution in [2.24, 2.45) is 0 Å². The molecule has 1 fully saturated rings. The molecule has 0 atom stereocenters. The Bertz CT molecular complexity index is 906. The zero-order valence-corrected chi connectivity index (χ0v) is 15.1. The minimum Gasteiger partial charge on any atom is -0.393 e. The molecule has 3 heterocycles. The molecule has 0 bridgehead atoms. The maximum atomic E-state index is 6.30. The number of hydrogen-bond acceptors (Lipinski definition) is 8. The van der Waals surface area contributed by atoms with Crippen LogP contribution in [0.15, 0.2) is 42.9 Å². The van der Waals surface area contributed by atoms with Gasteiger partial charge in [-0.1, -0.05) is 6.07 Å². The first-order chi connectivity index (χ1) is 13.3. The highest BCUT2D eigenvalue weighted by Crippen LogP contribution is 2.29. The molecule has 2 aromatic heterocycles. The van der Waals surface area contributed by atoms with E-state index in [9.17, 15) is 0 Å². The van der Waals surface area contributed by atoms with Crippen molar-refractivity contribution >= 4 is 33.9 Å². The third-order valence-electron chi connectivity index (χ3n) is 4.61. The highest BCUT2D eigenvalue weighted by molar-refractivity contribution is 5.94. The zero-order chi connectivity index (χ0) is 18.5. The Kier molecular flexibility index (Phi) is 5.27. The molecule has 4 rings (SSSR count). The summed E-state index contributed by atoms with van der Waals surface area (Å²) in [4.78, 5) is 15.3. The van der Waals surface area contributed by atoms with Gasteiger partial charge in [0.2, 0.25) is 0 Å². The third kappa shape index (κ3) is 4.07.